The van der Waals surface area contributed by atoms with E-state index in [1.165, 1.54) is 18.2 Å². The van der Waals surface area contributed by atoms with Crippen LogP contribution in [0.5, 0.6) is 0 Å². The Labute approximate surface area is 116 Å². The second-order valence-corrected chi connectivity index (χ2v) is 4.69. The van der Waals surface area contributed by atoms with Crippen LogP contribution in [0, 0.1) is 5.92 Å². The minimum atomic E-state index is -5.46. The zero-order valence-electron chi connectivity index (χ0n) is 10.5. The molecule has 1 atom stereocenters. The molecule has 0 aliphatic carbocycles. The Morgan fingerprint density at radius 2 is 1.29 bits per heavy atom. The molecule has 0 aliphatic heterocycles. The second kappa shape index (κ2) is 5.22. The third-order valence-corrected chi connectivity index (χ3v) is 3.22. The van der Waals surface area contributed by atoms with Gasteiger partial charge in [-0.15, -0.1) is 0 Å². The summed E-state index contributed by atoms with van der Waals surface area (Å²) < 4.78 is 76.0. The molecule has 0 saturated carbocycles. The van der Waals surface area contributed by atoms with E-state index in [0.29, 0.717) is 10.8 Å². The zero-order valence-corrected chi connectivity index (χ0v) is 10.5. The molecule has 0 bridgehead atoms. The number of halogens is 6. The quantitative estimate of drug-likeness (QED) is 0.807. The molecule has 0 spiro atoms. The van der Waals surface area contributed by atoms with Gasteiger partial charge in [-0.05, 0) is 22.4 Å². The Morgan fingerprint density at radius 3 is 1.81 bits per heavy atom. The summed E-state index contributed by atoms with van der Waals surface area (Å²) in [5, 5.41) is 1.25. The van der Waals surface area contributed by atoms with Crippen molar-refractivity contribution in [2.75, 3.05) is 0 Å². The van der Waals surface area contributed by atoms with Crippen LogP contribution in [0.1, 0.15) is 11.6 Å². The molecular weight excluding hydrogens is 296 g/mol. The number of fused-ring (bicyclic) bond motifs is 1. The molecule has 0 heterocycles. The highest BCUT2D eigenvalue weighted by Gasteiger charge is 2.59. The average Bonchev–Trinajstić information content (AvgIpc) is 2.34. The summed E-state index contributed by atoms with van der Waals surface area (Å²) in [6.07, 6.45) is -10.9. The summed E-state index contributed by atoms with van der Waals surface area (Å²) in [6.45, 7) is 0. The lowest BCUT2D eigenvalue weighted by Gasteiger charge is -2.28. The summed E-state index contributed by atoms with van der Waals surface area (Å²) >= 11 is 0. The van der Waals surface area contributed by atoms with Crippen LogP contribution in [0.25, 0.3) is 10.8 Å². The van der Waals surface area contributed by atoms with Crippen molar-refractivity contribution in [2.45, 2.75) is 18.4 Å². The van der Waals surface area contributed by atoms with Crippen LogP contribution in [0.3, 0.4) is 0 Å². The van der Waals surface area contributed by atoms with E-state index >= 15 is 0 Å². The molecule has 2 N–H and O–H groups in total. The lowest BCUT2D eigenvalue weighted by atomic mass is 9.91. The third kappa shape index (κ3) is 3.29. The number of hydrogen-bond donors (Lipinski definition) is 1. The predicted octanol–water partition coefficient (Wildman–Crippen LogP) is 4.58. The molecule has 2 aromatic rings. The van der Waals surface area contributed by atoms with Gasteiger partial charge in [-0.3, -0.25) is 0 Å². The van der Waals surface area contributed by atoms with Crippen LogP contribution in [0.4, 0.5) is 26.3 Å². The summed E-state index contributed by atoms with van der Waals surface area (Å²) in [4.78, 5) is 0. The first-order chi connectivity index (χ1) is 9.60. The lowest BCUT2D eigenvalue weighted by molar-refractivity contribution is -0.290. The Hall–Kier alpha value is -1.76. The van der Waals surface area contributed by atoms with Gasteiger partial charge in [-0.25, -0.2) is 0 Å². The van der Waals surface area contributed by atoms with E-state index in [1.807, 2.05) is 0 Å². The van der Waals surface area contributed by atoms with E-state index in [1.54, 1.807) is 24.3 Å². The smallest absolute Gasteiger partial charge is 0.323 e. The number of nitrogens with two attached hydrogens (primary N) is 1. The standard InChI is InChI=1S/C14H11F6N/c15-13(16,17)12(14(18,19)20)11(21)10-6-5-8-3-1-2-4-9(8)7-10/h1-7,11-12H,21H2. The van der Waals surface area contributed by atoms with Gasteiger partial charge in [0.2, 0.25) is 0 Å². The first kappa shape index (κ1) is 15.6. The molecule has 21 heavy (non-hydrogen) atoms. The van der Waals surface area contributed by atoms with Crippen LogP contribution < -0.4 is 5.73 Å². The van der Waals surface area contributed by atoms with Crippen molar-refractivity contribution in [1.82, 2.24) is 0 Å². The van der Waals surface area contributed by atoms with E-state index in [-0.39, 0.29) is 5.56 Å². The first-order valence-electron chi connectivity index (χ1n) is 5.98. The maximum atomic E-state index is 12.7. The number of hydrogen-bond acceptors (Lipinski definition) is 1. The van der Waals surface area contributed by atoms with Gasteiger partial charge < -0.3 is 5.73 Å². The highest BCUT2D eigenvalue weighted by Crippen LogP contribution is 2.45. The van der Waals surface area contributed by atoms with Gasteiger partial charge in [0.25, 0.3) is 0 Å². The molecule has 2 rings (SSSR count). The summed E-state index contributed by atoms with van der Waals surface area (Å²) in [5.74, 6) is -3.59. The molecule has 0 aromatic heterocycles. The minimum Gasteiger partial charge on any atom is -0.323 e. The maximum Gasteiger partial charge on any atom is 0.402 e. The fourth-order valence-electron chi connectivity index (χ4n) is 2.20. The Kier molecular flexibility index (Phi) is 3.88. The van der Waals surface area contributed by atoms with Crippen molar-refractivity contribution in [3.8, 4) is 0 Å². The van der Waals surface area contributed by atoms with Crippen LogP contribution in [-0.4, -0.2) is 12.4 Å². The molecule has 1 unspecified atom stereocenters. The molecule has 0 fully saturated rings. The SMILES string of the molecule is NC(c1ccc2ccccc2c1)C(C(F)(F)F)C(F)(F)F. The Morgan fingerprint density at radius 1 is 0.762 bits per heavy atom. The fraction of sp³-hybridized carbons (Fsp3) is 0.286. The molecular formula is C14H11F6N. The number of alkyl halides is 6. The molecule has 2 aromatic carbocycles. The van der Waals surface area contributed by atoms with Gasteiger partial charge in [-0.1, -0.05) is 36.4 Å². The normalized spacial score (nSPS) is 14.7. The van der Waals surface area contributed by atoms with Gasteiger partial charge in [-0.2, -0.15) is 26.3 Å². The average molecular weight is 307 g/mol. The van der Waals surface area contributed by atoms with Crippen molar-refractivity contribution < 1.29 is 26.3 Å². The molecule has 0 amide bonds. The molecule has 0 aliphatic rings. The largest absolute Gasteiger partial charge is 0.402 e. The summed E-state index contributed by atoms with van der Waals surface area (Å²) in [5.41, 5.74) is 5.06. The third-order valence-electron chi connectivity index (χ3n) is 3.22. The van der Waals surface area contributed by atoms with Crippen molar-refractivity contribution in [3.63, 3.8) is 0 Å². The minimum absolute atomic E-state index is 0.201. The highest BCUT2D eigenvalue weighted by atomic mass is 19.4. The number of rotatable bonds is 2. The van der Waals surface area contributed by atoms with Crippen molar-refractivity contribution >= 4 is 10.8 Å². The fourth-order valence-corrected chi connectivity index (χ4v) is 2.20. The highest BCUT2D eigenvalue weighted by molar-refractivity contribution is 5.83. The van der Waals surface area contributed by atoms with Crippen LogP contribution in [0.2, 0.25) is 0 Å². The Bertz CT molecular complexity index is 617. The van der Waals surface area contributed by atoms with Gasteiger partial charge in [0.1, 0.15) is 0 Å². The van der Waals surface area contributed by atoms with Crippen LogP contribution >= 0.6 is 0 Å². The van der Waals surface area contributed by atoms with Gasteiger partial charge in [0.15, 0.2) is 5.92 Å². The molecule has 0 radical (unpaired) electrons. The molecule has 0 saturated heterocycles. The zero-order chi connectivity index (χ0) is 15.8. The second-order valence-electron chi connectivity index (χ2n) is 4.69. The monoisotopic (exact) mass is 307 g/mol. The van der Waals surface area contributed by atoms with E-state index in [0.717, 1.165) is 0 Å². The summed E-state index contributed by atoms with van der Waals surface area (Å²) in [6, 6.07) is 8.36. The van der Waals surface area contributed by atoms with Gasteiger partial charge in [0, 0.05) is 0 Å². The van der Waals surface area contributed by atoms with Crippen LogP contribution in [0.15, 0.2) is 42.5 Å². The Balaban J connectivity index is 2.46. The first-order valence-corrected chi connectivity index (χ1v) is 5.98. The molecule has 114 valence electrons. The maximum absolute atomic E-state index is 12.7. The van der Waals surface area contributed by atoms with Crippen molar-refractivity contribution in [2.24, 2.45) is 11.7 Å². The van der Waals surface area contributed by atoms with E-state index in [2.05, 4.69) is 0 Å². The summed E-state index contributed by atoms with van der Waals surface area (Å²) in [7, 11) is 0. The van der Waals surface area contributed by atoms with E-state index < -0.39 is 24.3 Å². The molecule has 7 heteroatoms. The van der Waals surface area contributed by atoms with Gasteiger partial charge >= 0.3 is 12.4 Å². The predicted molar refractivity (Wildman–Crippen MR) is 66.5 cm³/mol. The number of benzene rings is 2. The molecule has 1 nitrogen and oxygen atoms in total. The van der Waals surface area contributed by atoms with E-state index in [9.17, 15) is 26.3 Å². The topological polar surface area (TPSA) is 26.0 Å². The lowest BCUT2D eigenvalue weighted by Crippen LogP contribution is -2.43. The van der Waals surface area contributed by atoms with Crippen LogP contribution in [-0.2, 0) is 0 Å². The van der Waals surface area contributed by atoms with Crippen molar-refractivity contribution in [3.05, 3.63) is 48.0 Å². The van der Waals surface area contributed by atoms with E-state index in [4.69, 9.17) is 5.73 Å². The van der Waals surface area contributed by atoms with Gasteiger partial charge in [0.05, 0.1) is 6.04 Å². The van der Waals surface area contributed by atoms with Crippen molar-refractivity contribution in [1.29, 1.82) is 0 Å².